The van der Waals surface area contributed by atoms with Gasteiger partial charge in [-0.1, -0.05) is 42.5 Å². The van der Waals surface area contributed by atoms with Crippen LogP contribution in [0.2, 0.25) is 0 Å². The quantitative estimate of drug-likeness (QED) is 0.463. The van der Waals surface area contributed by atoms with Gasteiger partial charge in [0.2, 0.25) is 5.91 Å². The van der Waals surface area contributed by atoms with Crippen molar-refractivity contribution >= 4 is 11.8 Å². The number of nitrogens with zero attached hydrogens (tertiary/aromatic N) is 1. The molecule has 6 nitrogen and oxygen atoms in total. The van der Waals surface area contributed by atoms with E-state index in [0.29, 0.717) is 36.4 Å². The first kappa shape index (κ1) is 24.4. The third kappa shape index (κ3) is 5.35. The number of rotatable bonds is 9. The Labute approximate surface area is 204 Å². The molecule has 3 aromatic carbocycles. The molecule has 0 saturated heterocycles. The topological polar surface area (TPSA) is 67.9 Å². The van der Waals surface area contributed by atoms with Gasteiger partial charge >= 0.3 is 0 Å². The predicted octanol–water partition coefficient (Wildman–Crippen LogP) is 4.47. The summed E-state index contributed by atoms with van der Waals surface area (Å²) in [5, 5.41) is 3.03. The van der Waals surface area contributed by atoms with E-state index in [4.69, 9.17) is 9.47 Å². The summed E-state index contributed by atoms with van der Waals surface area (Å²) in [7, 11) is 3.21. The molecule has 2 amide bonds. The molecule has 0 radical (unpaired) electrons. The summed E-state index contributed by atoms with van der Waals surface area (Å²) in [5.74, 6) is -0.619. The van der Waals surface area contributed by atoms with Crippen LogP contribution in [0, 0.1) is 5.82 Å². The van der Waals surface area contributed by atoms with Gasteiger partial charge in [-0.25, -0.2) is 4.39 Å². The van der Waals surface area contributed by atoms with Crippen molar-refractivity contribution in [1.29, 1.82) is 0 Å². The second-order valence-corrected chi connectivity index (χ2v) is 8.48. The zero-order valence-electron chi connectivity index (χ0n) is 19.9. The highest BCUT2D eigenvalue weighted by atomic mass is 19.1. The van der Waals surface area contributed by atoms with Crippen LogP contribution in [0.3, 0.4) is 0 Å². The first-order valence-electron chi connectivity index (χ1n) is 11.6. The van der Waals surface area contributed by atoms with Crippen LogP contribution in [-0.2, 0) is 16.1 Å². The zero-order valence-corrected chi connectivity index (χ0v) is 19.9. The van der Waals surface area contributed by atoms with E-state index in [9.17, 15) is 14.0 Å². The molecule has 2 atom stereocenters. The fraction of sp³-hybridized carbons (Fsp3) is 0.286. The zero-order chi connectivity index (χ0) is 24.8. The highest BCUT2D eigenvalue weighted by molar-refractivity contribution is 6.01. The molecule has 0 spiro atoms. The minimum Gasteiger partial charge on any atom is -0.497 e. The minimum absolute atomic E-state index is 0.161. The number of halogens is 1. The Morgan fingerprint density at radius 1 is 1.00 bits per heavy atom. The number of nitrogens with one attached hydrogen (secondary N) is 1. The molecule has 1 aliphatic rings. The number of benzene rings is 3. The molecular weight excluding hydrogens is 447 g/mol. The summed E-state index contributed by atoms with van der Waals surface area (Å²) >= 11 is 0. The second kappa shape index (κ2) is 11.1. The van der Waals surface area contributed by atoms with Crippen LogP contribution >= 0.6 is 0 Å². The Hall–Kier alpha value is -3.71. The lowest BCUT2D eigenvalue weighted by atomic mass is 9.79. The number of methoxy groups -OCH3 is 2. The van der Waals surface area contributed by atoms with Gasteiger partial charge in [0.05, 0.1) is 19.1 Å². The number of hydrogen-bond donors (Lipinski definition) is 1. The summed E-state index contributed by atoms with van der Waals surface area (Å²) in [5.41, 5.74) is 2.78. The standard InChI is InChI=1S/C28H29FN2O4/c1-34-17-5-16-30-27(32)25-23-6-3-4-7-24(23)28(33)31(18-19-8-12-21(29)13-9-19)26(25)20-10-14-22(35-2)15-11-20/h3-4,6-15,25-26H,5,16-18H2,1-2H3,(H,30,32)/t25-,26+/m1/s1. The Balaban J connectivity index is 1.79. The number of carbonyl (C=O) groups excluding carboxylic acids is 2. The van der Waals surface area contributed by atoms with Crippen molar-refractivity contribution in [3.05, 3.63) is 101 Å². The molecule has 35 heavy (non-hydrogen) atoms. The molecule has 0 bridgehead atoms. The van der Waals surface area contributed by atoms with E-state index in [2.05, 4.69) is 5.32 Å². The molecule has 7 heteroatoms. The lowest BCUT2D eigenvalue weighted by molar-refractivity contribution is -0.124. The van der Waals surface area contributed by atoms with Crippen LogP contribution in [-0.4, -0.2) is 44.1 Å². The molecule has 182 valence electrons. The van der Waals surface area contributed by atoms with Crippen LogP contribution in [0.15, 0.2) is 72.8 Å². The van der Waals surface area contributed by atoms with Gasteiger partial charge < -0.3 is 19.7 Å². The Morgan fingerprint density at radius 3 is 2.40 bits per heavy atom. The third-order valence-corrected chi connectivity index (χ3v) is 6.27. The normalized spacial score (nSPS) is 17.1. The van der Waals surface area contributed by atoms with Crippen molar-refractivity contribution in [3.63, 3.8) is 0 Å². The maximum Gasteiger partial charge on any atom is 0.255 e. The van der Waals surface area contributed by atoms with Crippen molar-refractivity contribution in [2.24, 2.45) is 0 Å². The van der Waals surface area contributed by atoms with Gasteiger partial charge in [0.1, 0.15) is 11.6 Å². The average Bonchev–Trinajstić information content (AvgIpc) is 2.89. The maximum atomic E-state index is 13.7. The van der Waals surface area contributed by atoms with Crippen LogP contribution in [0.5, 0.6) is 5.75 Å². The fourth-order valence-corrected chi connectivity index (χ4v) is 4.55. The van der Waals surface area contributed by atoms with Crippen molar-refractivity contribution in [2.45, 2.75) is 24.9 Å². The van der Waals surface area contributed by atoms with E-state index >= 15 is 0 Å². The number of hydrogen-bond acceptors (Lipinski definition) is 4. The number of fused-ring (bicyclic) bond motifs is 1. The number of amides is 2. The van der Waals surface area contributed by atoms with E-state index in [1.807, 2.05) is 36.4 Å². The van der Waals surface area contributed by atoms with Crippen LogP contribution in [0.1, 0.15) is 45.4 Å². The summed E-state index contributed by atoms with van der Waals surface area (Å²) in [6, 6.07) is 20.2. The molecular formula is C28H29FN2O4. The number of carbonyl (C=O) groups is 2. The maximum absolute atomic E-state index is 13.7. The summed E-state index contributed by atoms with van der Waals surface area (Å²) in [4.78, 5) is 29.1. The highest BCUT2D eigenvalue weighted by Crippen LogP contribution is 2.44. The summed E-state index contributed by atoms with van der Waals surface area (Å²) in [6.07, 6.45) is 0.683. The smallest absolute Gasteiger partial charge is 0.255 e. The summed E-state index contributed by atoms with van der Waals surface area (Å²) in [6.45, 7) is 1.24. The molecule has 1 aliphatic heterocycles. The van der Waals surface area contributed by atoms with E-state index < -0.39 is 12.0 Å². The molecule has 1 heterocycles. The van der Waals surface area contributed by atoms with Gasteiger partial charge in [-0.2, -0.15) is 0 Å². The van der Waals surface area contributed by atoms with Gasteiger partial charge in [-0.15, -0.1) is 0 Å². The van der Waals surface area contributed by atoms with Crippen LogP contribution in [0.4, 0.5) is 4.39 Å². The van der Waals surface area contributed by atoms with Crippen molar-refractivity contribution in [3.8, 4) is 5.75 Å². The highest BCUT2D eigenvalue weighted by Gasteiger charge is 2.44. The molecule has 3 aromatic rings. The first-order chi connectivity index (χ1) is 17.0. The van der Waals surface area contributed by atoms with E-state index in [0.717, 1.165) is 11.1 Å². The second-order valence-electron chi connectivity index (χ2n) is 8.48. The lowest BCUT2D eigenvalue weighted by Crippen LogP contribution is -2.47. The first-order valence-corrected chi connectivity index (χ1v) is 11.6. The number of ether oxygens (including phenoxy) is 2. The lowest BCUT2D eigenvalue weighted by Gasteiger charge is -2.42. The predicted molar refractivity (Wildman–Crippen MR) is 131 cm³/mol. The monoisotopic (exact) mass is 476 g/mol. The Kier molecular flexibility index (Phi) is 7.77. The van der Waals surface area contributed by atoms with Gasteiger partial charge in [0.25, 0.3) is 5.91 Å². The van der Waals surface area contributed by atoms with E-state index in [-0.39, 0.29) is 24.2 Å². The SMILES string of the molecule is COCCCNC(=O)[C@@H]1c2ccccc2C(=O)N(Cc2ccc(F)cc2)[C@H]1c1ccc(OC)cc1. The molecule has 0 aromatic heterocycles. The van der Waals surface area contributed by atoms with Gasteiger partial charge in [0, 0.05) is 32.4 Å². The Morgan fingerprint density at radius 2 is 1.71 bits per heavy atom. The van der Waals surface area contributed by atoms with E-state index in [1.54, 1.807) is 43.4 Å². The van der Waals surface area contributed by atoms with Gasteiger partial charge in [0.15, 0.2) is 0 Å². The van der Waals surface area contributed by atoms with Crippen molar-refractivity contribution in [2.75, 3.05) is 27.4 Å². The molecule has 1 N–H and O–H groups in total. The molecule has 0 aliphatic carbocycles. The van der Waals surface area contributed by atoms with Crippen molar-refractivity contribution < 1.29 is 23.5 Å². The molecule has 0 saturated carbocycles. The van der Waals surface area contributed by atoms with Crippen LogP contribution in [0.25, 0.3) is 0 Å². The van der Waals surface area contributed by atoms with Crippen LogP contribution < -0.4 is 10.1 Å². The van der Waals surface area contributed by atoms with Gasteiger partial charge in [-0.3, -0.25) is 9.59 Å². The molecule has 0 fully saturated rings. The average molecular weight is 477 g/mol. The third-order valence-electron chi connectivity index (χ3n) is 6.27. The van der Waals surface area contributed by atoms with Gasteiger partial charge in [-0.05, 0) is 53.4 Å². The largest absolute Gasteiger partial charge is 0.497 e. The summed E-state index contributed by atoms with van der Waals surface area (Å²) < 4.78 is 24.0. The molecule has 0 unspecified atom stereocenters. The fourth-order valence-electron chi connectivity index (χ4n) is 4.55. The minimum atomic E-state index is -0.625. The Bertz CT molecular complexity index is 1160. The van der Waals surface area contributed by atoms with Crippen molar-refractivity contribution in [1.82, 2.24) is 10.2 Å². The van der Waals surface area contributed by atoms with E-state index in [1.165, 1.54) is 12.1 Å². The molecule has 4 rings (SSSR count).